The number of nitrogens with one attached hydrogen (secondary N) is 1. The van der Waals surface area contributed by atoms with E-state index in [9.17, 15) is 8.42 Å². The Morgan fingerprint density at radius 1 is 1.33 bits per heavy atom. The van der Waals surface area contributed by atoms with Crippen LogP contribution in [-0.2, 0) is 9.84 Å². The predicted octanol–water partition coefficient (Wildman–Crippen LogP) is 0.438. The first kappa shape index (κ1) is 14.9. The van der Waals surface area contributed by atoms with Crippen LogP contribution in [0.3, 0.4) is 0 Å². The molecule has 0 saturated carbocycles. The molecule has 0 radical (unpaired) electrons. The van der Waals surface area contributed by atoms with Crippen LogP contribution in [-0.4, -0.2) is 55.5 Å². The number of aromatic nitrogens is 3. The quantitative estimate of drug-likeness (QED) is 0.814. The summed E-state index contributed by atoms with van der Waals surface area (Å²) in [5.41, 5.74) is 0. The summed E-state index contributed by atoms with van der Waals surface area (Å²) in [7, 11) is -1.32. The van der Waals surface area contributed by atoms with Crippen LogP contribution in [0.1, 0.15) is 6.92 Å². The second-order valence-electron chi connectivity index (χ2n) is 3.81. The molecule has 1 rings (SSSR count). The summed E-state index contributed by atoms with van der Waals surface area (Å²) in [5.74, 6) is 0.747. The van der Waals surface area contributed by atoms with Crippen LogP contribution < -0.4 is 10.2 Å². The molecular weight excluding hydrogens is 278 g/mol. The molecule has 7 nitrogen and oxygen atoms in total. The maximum absolute atomic E-state index is 11.1. The van der Waals surface area contributed by atoms with Gasteiger partial charge in [0.25, 0.3) is 0 Å². The molecule has 0 aliphatic heterocycles. The molecule has 1 heterocycles. The van der Waals surface area contributed by atoms with Crippen molar-refractivity contribution >= 4 is 33.3 Å². The highest BCUT2D eigenvalue weighted by atomic mass is 35.5. The Labute approximate surface area is 112 Å². The number of sulfone groups is 1. The molecule has 0 aromatic carbocycles. The average Bonchev–Trinajstić information content (AvgIpc) is 2.24. The van der Waals surface area contributed by atoms with Crippen molar-refractivity contribution < 1.29 is 8.42 Å². The zero-order valence-corrected chi connectivity index (χ0v) is 12.1. The fourth-order valence-corrected chi connectivity index (χ4v) is 1.91. The predicted molar refractivity (Wildman–Crippen MR) is 72.0 cm³/mol. The van der Waals surface area contributed by atoms with Crippen molar-refractivity contribution in [3.63, 3.8) is 0 Å². The summed E-state index contributed by atoms with van der Waals surface area (Å²) in [5, 5.41) is 3.00. The highest BCUT2D eigenvalue weighted by molar-refractivity contribution is 7.90. The summed E-state index contributed by atoms with van der Waals surface area (Å²) < 4.78 is 22.2. The summed E-state index contributed by atoms with van der Waals surface area (Å²) in [6, 6.07) is 0. The van der Waals surface area contributed by atoms with Gasteiger partial charge in [-0.1, -0.05) is 0 Å². The zero-order chi connectivity index (χ0) is 13.8. The Morgan fingerprint density at radius 2 is 2.00 bits per heavy atom. The minimum Gasteiger partial charge on any atom is -0.354 e. The molecule has 0 fully saturated rings. The van der Waals surface area contributed by atoms with Gasteiger partial charge in [0.05, 0.1) is 5.75 Å². The lowest BCUT2D eigenvalue weighted by Gasteiger charge is -2.16. The Balaban J connectivity index is 2.81. The molecule has 0 aliphatic carbocycles. The molecule has 0 amide bonds. The largest absolute Gasteiger partial charge is 0.354 e. The van der Waals surface area contributed by atoms with E-state index in [1.54, 1.807) is 11.9 Å². The summed E-state index contributed by atoms with van der Waals surface area (Å²) >= 11 is 5.77. The third kappa shape index (κ3) is 5.01. The maximum atomic E-state index is 11.1. The van der Waals surface area contributed by atoms with Gasteiger partial charge in [0.2, 0.25) is 17.2 Å². The van der Waals surface area contributed by atoms with E-state index < -0.39 is 9.84 Å². The second kappa shape index (κ2) is 6.14. The molecule has 0 aliphatic rings. The second-order valence-corrected chi connectivity index (χ2v) is 6.41. The Bertz CT molecular complexity index is 508. The first-order chi connectivity index (χ1) is 8.31. The number of rotatable bonds is 6. The van der Waals surface area contributed by atoms with Gasteiger partial charge in [0.1, 0.15) is 9.84 Å². The van der Waals surface area contributed by atoms with Gasteiger partial charge in [-0.2, -0.15) is 15.0 Å². The summed E-state index contributed by atoms with van der Waals surface area (Å²) in [6.07, 6.45) is 1.19. The topological polar surface area (TPSA) is 88.1 Å². The molecule has 9 heteroatoms. The third-order valence-electron chi connectivity index (χ3n) is 2.07. The molecule has 102 valence electrons. The first-order valence-electron chi connectivity index (χ1n) is 5.36. The van der Waals surface area contributed by atoms with Crippen LogP contribution in [0.15, 0.2) is 0 Å². The SMILES string of the molecule is CCNc1nc(Cl)nc(N(C)CCS(C)(=O)=O)n1. The Morgan fingerprint density at radius 3 is 2.56 bits per heavy atom. The van der Waals surface area contributed by atoms with Crippen LogP contribution in [0.4, 0.5) is 11.9 Å². The van der Waals surface area contributed by atoms with Gasteiger partial charge in [0, 0.05) is 26.4 Å². The lowest BCUT2D eigenvalue weighted by molar-refractivity contribution is 0.601. The van der Waals surface area contributed by atoms with E-state index >= 15 is 0 Å². The fraction of sp³-hybridized carbons (Fsp3) is 0.667. The molecule has 1 aromatic rings. The van der Waals surface area contributed by atoms with E-state index in [2.05, 4.69) is 20.3 Å². The molecule has 0 spiro atoms. The van der Waals surface area contributed by atoms with E-state index in [1.807, 2.05) is 6.92 Å². The fourth-order valence-electron chi connectivity index (χ4n) is 1.15. The van der Waals surface area contributed by atoms with E-state index in [-0.39, 0.29) is 11.0 Å². The lowest BCUT2D eigenvalue weighted by atomic mass is 10.6. The summed E-state index contributed by atoms with van der Waals surface area (Å²) in [4.78, 5) is 13.6. The number of nitrogens with zero attached hydrogens (tertiary/aromatic N) is 4. The molecule has 18 heavy (non-hydrogen) atoms. The van der Waals surface area contributed by atoms with Gasteiger partial charge in [-0.05, 0) is 18.5 Å². The van der Waals surface area contributed by atoms with Crippen molar-refractivity contribution in [3.8, 4) is 0 Å². The monoisotopic (exact) mass is 293 g/mol. The van der Waals surface area contributed by atoms with Gasteiger partial charge >= 0.3 is 0 Å². The highest BCUT2D eigenvalue weighted by Gasteiger charge is 2.11. The van der Waals surface area contributed by atoms with Crippen molar-refractivity contribution in [3.05, 3.63) is 5.28 Å². The van der Waals surface area contributed by atoms with Gasteiger partial charge in [-0.15, -0.1) is 0 Å². The van der Waals surface area contributed by atoms with Crippen LogP contribution in [0.2, 0.25) is 5.28 Å². The van der Waals surface area contributed by atoms with Crippen LogP contribution >= 0.6 is 11.6 Å². The maximum Gasteiger partial charge on any atom is 0.231 e. The molecular formula is C9H16ClN5O2S. The van der Waals surface area contributed by atoms with E-state index in [4.69, 9.17) is 11.6 Å². The number of hydrogen-bond acceptors (Lipinski definition) is 7. The molecule has 0 saturated heterocycles. The number of hydrogen-bond donors (Lipinski definition) is 1. The van der Waals surface area contributed by atoms with Crippen molar-refractivity contribution in [2.24, 2.45) is 0 Å². The van der Waals surface area contributed by atoms with Crippen molar-refractivity contribution in [1.82, 2.24) is 15.0 Å². The molecule has 0 bridgehead atoms. The smallest absolute Gasteiger partial charge is 0.231 e. The average molecular weight is 294 g/mol. The number of anilines is 2. The highest BCUT2D eigenvalue weighted by Crippen LogP contribution is 2.12. The van der Waals surface area contributed by atoms with E-state index in [0.29, 0.717) is 25.0 Å². The van der Waals surface area contributed by atoms with Gasteiger partial charge in [-0.3, -0.25) is 0 Å². The molecule has 0 atom stereocenters. The minimum atomic E-state index is -3.02. The van der Waals surface area contributed by atoms with Crippen molar-refractivity contribution in [1.29, 1.82) is 0 Å². The van der Waals surface area contributed by atoms with Crippen LogP contribution in [0.5, 0.6) is 0 Å². The van der Waals surface area contributed by atoms with E-state index in [0.717, 1.165) is 0 Å². The van der Waals surface area contributed by atoms with Crippen LogP contribution in [0, 0.1) is 0 Å². The van der Waals surface area contributed by atoms with Crippen molar-refractivity contribution in [2.45, 2.75) is 6.92 Å². The van der Waals surface area contributed by atoms with Gasteiger partial charge in [-0.25, -0.2) is 8.42 Å². The molecule has 1 N–H and O–H groups in total. The zero-order valence-electron chi connectivity index (χ0n) is 10.5. The third-order valence-corrected chi connectivity index (χ3v) is 3.16. The first-order valence-corrected chi connectivity index (χ1v) is 7.80. The standard InChI is InChI=1S/C9H16ClN5O2S/c1-4-11-8-12-7(10)13-9(14-8)15(2)5-6-18(3,16)17/h4-6H2,1-3H3,(H,11,12,13,14). The lowest BCUT2D eigenvalue weighted by Crippen LogP contribution is -2.27. The van der Waals surface area contributed by atoms with E-state index in [1.165, 1.54) is 6.26 Å². The van der Waals surface area contributed by atoms with Crippen molar-refractivity contribution in [2.75, 3.05) is 42.4 Å². The molecule has 0 unspecified atom stereocenters. The normalized spacial score (nSPS) is 11.3. The van der Waals surface area contributed by atoms with Gasteiger partial charge in [0.15, 0.2) is 0 Å². The van der Waals surface area contributed by atoms with Crippen LogP contribution in [0.25, 0.3) is 0 Å². The number of halogens is 1. The summed E-state index contributed by atoms with van der Waals surface area (Å²) in [6.45, 7) is 2.86. The molecule has 1 aromatic heterocycles. The minimum absolute atomic E-state index is 0.0311. The Kier molecular flexibility index (Phi) is 5.09. The van der Waals surface area contributed by atoms with Gasteiger partial charge < -0.3 is 10.2 Å². The Hall–Kier alpha value is -1.15.